The van der Waals surface area contributed by atoms with Gasteiger partial charge in [-0.2, -0.15) is 0 Å². The van der Waals surface area contributed by atoms with E-state index >= 15 is 0 Å². The molecule has 3 atom stereocenters. The van der Waals surface area contributed by atoms with Crippen LogP contribution in [-0.4, -0.2) is 49.5 Å². The normalized spacial score (nSPS) is 23.4. The summed E-state index contributed by atoms with van der Waals surface area (Å²) in [5.74, 6) is 0.287. The molecule has 7 nitrogen and oxygen atoms in total. The molecule has 0 saturated heterocycles. The van der Waals surface area contributed by atoms with Crippen molar-refractivity contribution in [2.45, 2.75) is 31.2 Å². The van der Waals surface area contributed by atoms with Crippen LogP contribution in [0.25, 0.3) is 0 Å². The highest BCUT2D eigenvalue weighted by molar-refractivity contribution is 5.84. The van der Waals surface area contributed by atoms with Gasteiger partial charge in [-0.3, -0.25) is 9.59 Å². The van der Waals surface area contributed by atoms with E-state index in [1.807, 2.05) is 18.2 Å². The Morgan fingerprint density at radius 3 is 2.72 bits per heavy atom. The number of benzene rings is 1. The number of aliphatic carboxylic acids is 1. The lowest BCUT2D eigenvalue weighted by atomic mass is 9.98. The molecule has 1 amide bonds. The van der Waals surface area contributed by atoms with Gasteiger partial charge in [0.2, 0.25) is 5.91 Å². The topological polar surface area (TPSA) is 94.1 Å². The molecule has 136 valence electrons. The Kier molecular flexibility index (Phi) is 4.85. The van der Waals surface area contributed by atoms with Crippen molar-refractivity contribution < 1.29 is 28.9 Å². The molecule has 1 fully saturated rings. The average molecular weight is 349 g/mol. The quantitative estimate of drug-likeness (QED) is 0.776. The van der Waals surface area contributed by atoms with Crippen LogP contribution in [0.2, 0.25) is 0 Å². The molecule has 2 N–H and O–H groups in total. The molecule has 7 heteroatoms. The second-order valence-electron chi connectivity index (χ2n) is 6.91. The van der Waals surface area contributed by atoms with E-state index in [2.05, 4.69) is 5.32 Å². The van der Waals surface area contributed by atoms with Crippen molar-refractivity contribution in [3.05, 3.63) is 23.8 Å². The molecule has 3 unspecified atom stereocenters. The third kappa shape index (κ3) is 4.04. The molecule has 1 aliphatic heterocycles. The molecule has 0 aromatic heterocycles. The van der Waals surface area contributed by atoms with Crippen LogP contribution in [0.4, 0.5) is 0 Å². The smallest absolute Gasteiger partial charge is 0.305 e. The van der Waals surface area contributed by atoms with Crippen molar-refractivity contribution in [1.82, 2.24) is 5.32 Å². The molecule has 2 aliphatic rings. The summed E-state index contributed by atoms with van der Waals surface area (Å²) in [5.41, 5.74) is 0.119. The van der Waals surface area contributed by atoms with E-state index < -0.39 is 11.5 Å². The molecule has 1 aliphatic carbocycles. The van der Waals surface area contributed by atoms with Crippen molar-refractivity contribution >= 4 is 11.9 Å². The Labute approximate surface area is 146 Å². The summed E-state index contributed by atoms with van der Waals surface area (Å²) < 4.78 is 16.2. The molecule has 0 spiro atoms. The van der Waals surface area contributed by atoms with Gasteiger partial charge in [0, 0.05) is 13.0 Å². The highest BCUT2D eigenvalue weighted by Gasteiger charge is 2.46. The summed E-state index contributed by atoms with van der Waals surface area (Å²) in [6.45, 7) is 2.90. The lowest BCUT2D eigenvalue weighted by molar-refractivity contribution is -0.139. The van der Waals surface area contributed by atoms with Gasteiger partial charge in [0.15, 0.2) is 11.5 Å². The zero-order valence-electron chi connectivity index (χ0n) is 14.4. The SMILES string of the molecule is COCC(C)(CC(=O)O)NC(=O)C1CC1c1ccc2c(c1)OCCO2. The van der Waals surface area contributed by atoms with Gasteiger partial charge in [-0.25, -0.2) is 0 Å². The van der Waals surface area contributed by atoms with Crippen molar-refractivity contribution in [1.29, 1.82) is 0 Å². The number of hydrogen-bond acceptors (Lipinski definition) is 5. The van der Waals surface area contributed by atoms with Gasteiger partial charge in [0.1, 0.15) is 13.2 Å². The number of carboxylic acids is 1. The van der Waals surface area contributed by atoms with E-state index in [1.54, 1.807) is 6.92 Å². The van der Waals surface area contributed by atoms with Gasteiger partial charge in [0.05, 0.1) is 18.6 Å². The van der Waals surface area contributed by atoms with E-state index in [1.165, 1.54) is 7.11 Å². The largest absolute Gasteiger partial charge is 0.486 e. The van der Waals surface area contributed by atoms with Crippen LogP contribution in [0.15, 0.2) is 18.2 Å². The fraction of sp³-hybridized carbons (Fsp3) is 0.556. The molecule has 1 heterocycles. The molecule has 1 saturated carbocycles. The van der Waals surface area contributed by atoms with Crippen LogP contribution < -0.4 is 14.8 Å². The number of carboxylic acid groups (broad SMARTS) is 1. The van der Waals surface area contributed by atoms with Crippen LogP contribution >= 0.6 is 0 Å². The Morgan fingerprint density at radius 2 is 2.04 bits per heavy atom. The van der Waals surface area contributed by atoms with Gasteiger partial charge in [0.25, 0.3) is 0 Å². The van der Waals surface area contributed by atoms with Crippen LogP contribution in [0, 0.1) is 5.92 Å². The zero-order valence-corrected chi connectivity index (χ0v) is 14.4. The first-order valence-electron chi connectivity index (χ1n) is 8.34. The van der Waals surface area contributed by atoms with Crippen molar-refractivity contribution in [2.24, 2.45) is 5.92 Å². The van der Waals surface area contributed by atoms with E-state index in [4.69, 9.17) is 19.3 Å². The van der Waals surface area contributed by atoms with Crippen LogP contribution in [0.1, 0.15) is 31.2 Å². The maximum absolute atomic E-state index is 12.5. The first kappa shape index (κ1) is 17.5. The standard InChI is InChI=1S/C18H23NO6/c1-18(10-23-2,9-16(20)21)19-17(22)13-8-12(13)11-3-4-14-15(7-11)25-6-5-24-14/h3-4,7,12-13H,5-6,8-10H2,1-2H3,(H,19,22)(H,20,21). The lowest BCUT2D eigenvalue weighted by Crippen LogP contribution is -2.51. The molecule has 1 aromatic rings. The highest BCUT2D eigenvalue weighted by Crippen LogP contribution is 2.49. The number of nitrogens with one attached hydrogen (secondary N) is 1. The summed E-state index contributed by atoms with van der Waals surface area (Å²) in [7, 11) is 1.49. The fourth-order valence-corrected chi connectivity index (χ4v) is 3.32. The summed E-state index contributed by atoms with van der Waals surface area (Å²) in [6, 6.07) is 5.76. The fourth-order valence-electron chi connectivity index (χ4n) is 3.32. The van der Waals surface area contributed by atoms with Gasteiger partial charge in [-0.05, 0) is 37.0 Å². The Balaban J connectivity index is 1.64. The molecule has 3 rings (SSSR count). The maximum atomic E-state index is 12.5. The number of carbonyl (C=O) groups is 2. The van der Waals surface area contributed by atoms with Gasteiger partial charge < -0.3 is 24.6 Å². The number of rotatable bonds is 7. The van der Waals surface area contributed by atoms with E-state index in [-0.39, 0.29) is 30.8 Å². The first-order valence-corrected chi connectivity index (χ1v) is 8.34. The number of hydrogen-bond donors (Lipinski definition) is 2. The average Bonchev–Trinajstić information content (AvgIpc) is 3.34. The molecule has 0 radical (unpaired) electrons. The van der Waals surface area contributed by atoms with E-state index in [0.29, 0.717) is 19.0 Å². The molecular formula is C18H23NO6. The monoisotopic (exact) mass is 349 g/mol. The van der Waals surface area contributed by atoms with Crippen LogP contribution in [-0.2, 0) is 14.3 Å². The summed E-state index contributed by atoms with van der Waals surface area (Å²) in [4.78, 5) is 23.6. The molecule has 0 bridgehead atoms. The molecular weight excluding hydrogens is 326 g/mol. The van der Waals surface area contributed by atoms with Crippen LogP contribution in [0.3, 0.4) is 0 Å². The second-order valence-corrected chi connectivity index (χ2v) is 6.91. The Morgan fingerprint density at radius 1 is 1.32 bits per heavy atom. The predicted octanol–water partition coefficient (Wildman–Crippen LogP) is 1.56. The third-order valence-electron chi connectivity index (χ3n) is 4.55. The maximum Gasteiger partial charge on any atom is 0.305 e. The van der Waals surface area contributed by atoms with Gasteiger partial charge in [-0.15, -0.1) is 0 Å². The minimum atomic E-state index is -0.973. The summed E-state index contributed by atoms with van der Waals surface area (Å²) in [6.07, 6.45) is 0.551. The van der Waals surface area contributed by atoms with Crippen molar-refractivity contribution in [2.75, 3.05) is 26.9 Å². The van der Waals surface area contributed by atoms with E-state index in [9.17, 15) is 9.59 Å². The Bertz CT molecular complexity index is 676. The number of fused-ring (bicyclic) bond motifs is 1. The second kappa shape index (κ2) is 6.92. The van der Waals surface area contributed by atoms with Gasteiger partial charge in [-0.1, -0.05) is 6.07 Å². The third-order valence-corrected chi connectivity index (χ3v) is 4.55. The van der Waals surface area contributed by atoms with Crippen molar-refractivity contribution in [3.63, 3.8) is 0 Å². The minimum Gasteiger partial charge on any atom is -0.486 e. The van der Waals surface area contributed by atoms with Crippen LogP contribution in [0.5, 0.6) is 11.5 Å². The molecule has 1 aromatic carbocycles. The zero-order chi connectivity index (χ0) is 18.0. The predicted molar refractivity (Wildman–Crippen MR) is 89.0 cm³/mol. The van der Waals surface area contributed by atoms with Gasteiger partial charge >= 0.3 is 5.97 Å². The lowest BCUT2D eigenvalue weighted by Gasteiger charge is -2.28. The summed E-state index contributed by atoms with van der Waals surface area (Å²) in [5, 5.41) is 11.9. The minimum absolute atomic E-state index is 0.118. The highest BCUT2D eigenvalue weighted by atomic mass is 16.6. The molecule has 25 heavy (non-hydrogen) atoms. The Hall–Kier alpha value is -2.28. The van der Waals surface area contributed by atoms with Crippen molar-refractivity contribution in [3.8, 4) is 11.5 Å². The number of amides is 1. The number of methoxy groups -OCH3 is 1. The van der Waals surface area contributed by atoms with E-state index in [0.717, 1.165) is 17.7 Å². The number of carbonyl (C=O) groups excluding carboxylic acids is 1. The first-order chi connectivity index (χ1) is 11.9. The summed E-state index contributed by atoms with van der Waals surface area (Å²) >= 11 is 0. The number of ether oxygens (including phenoxy) is 3.